The molecule has 0 saturated heterocycles. The Hall–Kier alpha value is -3.06. The monoisotopic (exact) mass is 351 g/mol. The molecule has 0 aliphatic heterocycles. The second-order valence-electron chi connectivity index (χ2n) is 6.11. The molecule has 1 amide bonds. The van der Waals surface area contributed by atoms with Gasteiger partial charge in [-0.15, -0.1) is 0 Å². The molecular weight excluding hydrogens is 330 g/mol. The molecule has 1 aromatic carbocycles. The third-order valence-corrected chi connectivity index (χ3v) is 4.05. The molecule has 1 saturated carbocycles. The van der Waals surface area contributed by atoms with Gasteiger partial charge in [-0.25, -0.2) is 15.0 Å². The van der Waals surface area contributed by atoms with Crippen molar-refractivity contribution in [3.8, 4) is 11.4 Å². The summed E-state index contributed by atoms with van der Waals surface area (Å²) in [7, 11) is 1.86. The van der Waals surface area contributed by atoms with Crippen LogP contribution in [0, 0.1) is 0 Å². The molecule has 2 aromatic heterocycles. The van der Waals surface area contributed by atoms with Gasteiger partial charge in [-0.2, -0.15) is 0 Å². The van der Waals surface area contributed by atoms with Crippen LogP contribution in [0.25, 0.3) is 11.4 Å². The molecule has 0 bridgehead atoms. The fraction of sp³-hybridized carbons (Fsp3) is 0.263. The predicted octanol–water partition coefficient (Wildman–Crippen LogP) is 1.82. The lowest BCUT2D eigenvalue weighted by molar-refractivity contribution is 0.0558. The third kappa shape index (κ3) is 4.52. The van der Waals surface area contributed by atoms with E-state index in [2.05, 4.69) is 20.3 Å². The first-order valence-electron chi connectivity index (χ1n) is 8.42. The number of hydrogen-bond donors (Lipinski definition) is 2. The highest BCUT2D eigenvalue weighted by Gasteiger charge is 2.29. The summed E-state index contributed by atoms with van der Waals surface area (Å²) in [6, 6.07) is 13.8. The SMILES string of the molecule is Cn1cncc1-c1ccnc(C(=O)NC2CC(O)C2)n1.c1ccccc1. The molecule has 0 unspecified atom stereocenters. The van der Waals surface area contributed by atoms with E-state index in [0.29, 0.717) is 18.5 Å². The highest BCUT2D eigenvalue weighted by atomic mass is 16.3. The van der Waals surface area contributed by atoms with Gasteiger partial charge < -0.3 is 15.0 Å². The maximum Gasteiger partial charge on any atom is 0.289 e. The highest BCUT2D eigenvalue weighted by Crippen LogP contribution is 2.20. The number of rotatable bonds is 3. The number of hydrogen-bond acceptors (Lipinski definition) is 5. The van der Waals surface area contributed by atoms with Crippen LogP contribution in [0.5, 0.6) is 0 Å². The summed E-state index contributed by atoms with van der Waals surface area (Å²) < 4.78 is 1.83. The molecule has 1 fully saturated rings. The average Bonchev–Trinajstić information content (AvgIpc) is 3.08. The molecule has 2 heterocycles. The number of aromatic nitrogens is 4. The summed E-state index contributed by atoms with van der Waals surface area (Å²) in [6.45, 7) is 0. The quantitative estimate of drug-likeness (QED) is 0.751. The van der Waals surface area contributed by atoms with Crippen LogP contribution >= 0.6 is 0 Å². The van der Waals surface area contributed by atoms with Crippen LogP contribution in [0.4, 0.5) is 0 Å². The number of aryl methyl sites for hydroxylation is 1. The van der Waals surface area contributed by atoms with E-state index >= 15 is 0 Å². The van der Waals surface area contributed by atoms with Gasteiger partial charge in [-0.1, -0.05) is 36.4 Å². The third-order valence-electron chi connectivity index (χ3n) is 4.05. The minimum absolute atomic E-state index is 0.0152. The van der Waals surface area contributed by atoms with Gasteiger partial charge in [0.25, 0.3) is 5.91 Å². The van der Waals surface area contributed by atoms with Crippen LogP contribution in [-0.4, -0.2) is 42.7 Å². The van der Waals surface area contributed by atoms with Gasteiger partial charge in [0.15, 0.2) is 0 Å². The Kier molecular flexibility index (Phi) is 5.70. The molecule has 1 aliphatic carbocycles. The number of nitrogens with one attached hydrogen (secondary N) is 1. The fourth-order valence-electron chi connectivity index (χ4n) is 2.56. The summed E-state index contributed by atoms with van der Waals surface area (Å²) in [5.41, 5.74) is 1.47. The van der Waals surface area contributed by atoms with Crippen molar-refractivity contribution in [2.24, 2.45) is 7.05 Å². The zero-order valence-corrected chi connectivity index (χ0v) is 14.5. The van der Waals surface area contributed by atoms with Crippen LogP contribution in [0.3, 0.4) is 0 Å². The fourth-order valence-corrected chi connectivity index (χ4v) is 2.56. The number of carbonyl (C=O) groups is 1. The Bertz CT molecular complexity index is 817. The first-order valence-corrected chi connectivity index (χ1v) is 8.42. The van der Waals surface area contributed by atoms with Crippen molar-refractivity contribution in [3.63, 3.8) is 0 Å². The molecule has 7 heteroatoms. The van der Waals surface area contributed by atoms with Crippen molar-refractivity contribution in [2.75, 3.05) is 0 Å². The van der Waals surface area contributed by atoms with Crippen LogP contribution < -0.4 is 5.32 Å². The minimum Gasteiger partial charge on any atom is -0.393 e. The molecule has 2 N–H and O–H groups in total. The Morgan fingerprint density at radius 3 is 2.38 bits per heavy atom. The van der Waals surface area contributed by atoms with E-state index in [1.807, 2.05) is 48.0 Å². The Morgan fingerprint density at radius 2 is 1.85 bits per heavy atom. The molecule has 134 valence electrons. The first kappa shape index (κ1) is 17.8. The normalized spacial score (nSPS) is 18.2. The Balaban J connectivity index is 0.000000278. The molecule has 0 radical (unpaired) electrons. The lowest BCUT2D eigenvalue weighted by atomic mass is 9.89. The number of nitrogens with zero attached hydrogens (tertiary/aromatic N) is 4. The van der Waals surface area contributed by atoms with E-state index in [9.17, 15) is 9.90 Å². The topological polar surface area (TPSA) is 92.9 Å². The molecule has 1 aliphatic rings. The van der Waals surface area contributed by atoms with E-state index < -0.39 is 0 Å². The molecule has 7 nitrogen and oxygen atoms in total. The summed E-state index contributed by atoms with van der Waals surface area (Å²) >= 11 is 0. The molecule has 0 atom stereocenters. The van der Waals surface area contributed by atoms with Gasteiger partial charge in [0.2, 0.25) is 5.82 Å². The van der Waals surface area contributed by atoms with Crippen molar-refractivity contribution >= 4 is 5.91 Å². The zero-order valence-electron chi connectivity index (χ0n) is 14.5. The number of amides is 1. The van der Waals surface area contributed by atoms with E-state index in [1.165, 1.54) is 0 Å². The van der Waals surface area contributed by atoms with Crippen molar-refractivity contribution in [2.45, 2.75) is 25.0 Å². The first-order chi connectivity index (χ1) is 12.6. The highest BCUT2D eigenvalue weighted by molar-refractivity contribution is 5.91. The van der Waals surface area contributed by atoms with E-state index in [4.69, 9.17) is 0 Å². The van der Waals surface area contributed by atoms with Crippen LogP contribution in [0.1, 0.15) is 23.5 Å². The number of aliphatic hydroxyl groups is 1. The van der Waals surface area contributed by atoms with Crippen LogP contribution in [0.15, 0.2) is 61.2 Å². The van der Waals surface area contributed by atoms with Crippen molar-refractivity contribution in [3.05, 3.63) is 67.0 Å². The maximum atomic E-state index is 12.0. The predicted molar refractivity (Wildman–Crippen MR) is 97.2 cm³/mol. The molecule has 3 aromatic rings. The van der Waals surface area contributed by atoms with Crippen LogP contribution in [0.2, 0.25) is 0 Å². The van der Waals surface area contributed by atoms with Gasteiger partial charge in [-0.05, 0) is 18.9 Å². The van der Waals surface area contributed by atoms with Crippen molar-refractivity contribution in [1.29, 1.82) is 0 Å². The largest absolute Gasteiger partial charge is 0.393 e. The number of benzene rings is 1. The summed E-state index contributed by atoms with van der Waals surface area (Å²) in [6.07, 6.45) is 5.79. The molecule has 0 spiro atoms. The van der Waals surface area contributed by atoms with Gasteiger partial charge in [0.1, 0.15) is 0 Å². The van der Waals surface area contributed by atoms with E-state index in [1.54, 1.807) is 24.8 Å². The second-order valence-corrected chi connectivity index (χ2v) is 6.11. The molecule has 4 rings (SSSR count). The summed E-state index contributed by atoms with van der Waals surface area (Å²) in [5, 5.41) is 12.0. The van der Waals surface area contributed by atoms with E-state index in [-0.39, 0.29) is 23.9 Å². The summed E-state index contributed by atoms with van der Waals surface area (Å²) in [5.74, 6) is -0.184. The molecular formula is C19H21N5O2. The summed E-state index contributed by atoms with van der Waals surface area (Å²) in [4.78, 5) is 24.3. The van der Waals surface area contributed by atoms with Crippen molar-refractivity contribution in [1.82, 2.24) is 24.8 Å². The number of carbonyl (C=O) groups excluding carboxylic acids is 1. The maximum absolute atomic E-state index is 12.0. The van der Waals surface area contributed by atoms with Gasteiger partial charge >= 0.3 is 0 Å². The smallest absolute Gasteiger partial charge is 0.289 e. The average molecular weight is 351 g/mol. The van der Waals surface area contributed by atoms with Gasteiger partial charge in [0.05, 0.1) is 30.0 Å². The zero-order chi connectivity index (χ0) is 18.4. The van der Waals surface area contributed by atoms with E-state index in [0.717, 1.165) is 5.69 Å². The number of aliphatic hydroxyl groups excluding tert-OH is 1. The Labute approximate surface area is 151 Å². The molecule has 26 heavy (non-hydrogen) atoms. The minimum atomic E-state index is -0.314. The Morgan fingerprint density at radius 1 is 1.19 bits per heavy atom. The van der Waals surface area contributed by atoms with Crippen molar-refractivity contribution < 1.29 is 9.90 Å². The van der Waals surface area contributed by atoms with Gasteiger partial charge in [0, 0.05) is 19.3 Å². The van der Waals surface area contributed by atoms with Gasteiger partial charge in [-0.3, -0.25) is 4.79 Å². The number of imidazole rings is 1. The second kappa shape index (κ2) is 8.35. The lowest BCUT2D eigenvalue weighted by Gasteiger charge is -2.31. The lowest BCUT2D eigenvalue weighted by Crippen LogP contribution is -2.47. The van der Waals surface area contributed by atoms with Crippen LogP contribution in [-0.2, 0) is 7.05 Å². The standard InChI is InChI=1S/C13H15N5O2.C6H6/c1-18-7-14-6-11(18)10-2-3-15-12(17-10)13(20)16-8-4-9(19)5-8;1-2-4-6-5-3-1/h2-3,6-9,19H,4-5H2,1H3,(H,16,20);1-6H.